The maximum Gasteiger partial charge on any atom is 0.257 e. The van der Waals surface area contributed by atoms with Gasteiger partial charge in [0.2, 0.25) is 0 Å². The Hall–Kier alpha value is -3.90. The van der Waals surface area contributed by atoms with Crippen LogP contribution >= 0.6 is 0 Å². The minimum Gasteiger partial charge on any atom is -0.361 e. The molecule has 0 aromatic heterocycles. The highest BCUT2D eigenvalue weighted by Gasteiger charge is 2.26. The van der Waals surface area contributed by atoms with E-state index in [1.54, 1.807) is 24.4 Å². The van der Waals surface area contributed by atoms with E-state index in [-0.39, 0.29) is 17.9 Å². The van der Waals surface area contributed by atoms with Crippen LogP contribution in [0.2, 0.25) is 0 Å². The zero-order chi connectivity index (χ0) is 25.6. The molecule has 0 unspecified atom stereocenters. The number of hydrogen-bond donors (Lipinski definition) is 3. The highest BCUT2D eigenvalue weighted by atomic mass is 16.2. The van der Waals surface area contributed by atoms with E-state index in [0.717, 1.165) is 29.8 Å². The first-order valence-electron chi connectivity index (χ1n) is 13.2. The van der Waals surface area contributed by atoms with Crippen LogP contribution in [0.25, 0.3) is 5.57 Å². The van der Waals surface area contributed by atoms with Crippen LogP contribution in [-0.2, 0) is 11.3 Å². The normalized spacial score (nSPS) is 17.2. The molecule has 3 aromatic rings. The number of hydrogen-bond acceptors (Lipinski definition) is 4. The third kappa shape index (κ3) is 5.92. The molecule has 0 spiro atoms. The van der Waals surface area contributed by atoms with Gasteiger partial charge >= 0.3 is 0 Å². The Labute approximate surface area is 218 Å². The molecule has 1 fully saturated rings. The summed E-state index contributed by atoms with van der Waals surface area (Å²) in [6.45, 7) is 5.37. The second-order valence-electron chi connectivity index (χ2n) is 9.80. The summed E-state index contributed by atoms with van der Waals surface area (Å²) >= 11 is 0. The topological polar surface area (TPSA) is 73.5 Å². The fraction of sp³-hybridized carbons (Fsp3) is 0.290. The van der Waals surface area contributed by atoms with Crippen LogP contribution in [0.4, 0.5) is 11.4 Å². The van der Waals surface area contributed by atoms with E-state index >= 15 is 0 Å². The summed E-state index contributed by atoms with van der Waals surface area (Å²) in [5, 5.41) is 9.29. The number of amides is 2. The van der Waals surface area contributed by atoms with Crippen molar-refractivity contribution in [2.24, 2.45) is 0 Å². The van der Waals surface area contributed by atoms with Crippen LogP contribution in [0, 0.1) is 0 Å². The molecule has 2 aliphatic heterocycles. The summed E-state index contributed by atoms with van der Waals surface area (Å²) in [5.41, 5.74) is 5.75. The van der Waals surface area contributed by atoms with Crippen LogP contribution < -0.4 is 16.0 Å². The number of nitrogens with one attached hydrogen (secondary N) is 3. The Balaban J connectivity index is 1.27. The Bertz CT molecular complexity index is 1280. The van der Waals surface area contributed by atoms with Gasteiger partial charge in [-0.25, -0.2) is 0 Å². The Morgan fingerprint density at radius 3 is 2.49 bits per heavy atom. The van der Waals surface area contributed by atoms with Crippen molar-refractivity contribution in [3.05, 3.63) is 101 Å². The lowest BCUT2D eigenvalue weighted by molar-refractivity contribution is -0.110. The lowest BCUT2D eigenvalue weighted by atomic mass is 10.0. The maximum atomic E-state index is 13.1. The number of fused-ring (bicyclic) bond motifs is 1. The zero-order valence-corrected chi connectivity index (χ0v) is 21.3. The molecular formula is C31H34N4O2. The van der Waals surface area contributed by atoms with Gasteiger partial charge in [0, 0.05) is 35.2 Å². The average Bonchev–Trinajstić information content (AvgIpc) is 3.26. The van der Waals surface area contributed by atoms with Gasteiger partial charge in [-0.15, -0.1) is 0 Å². The molecule has 0 bridgehead atoms. The van der Waals surface area contributed by atoms with Crippen LogP contribution in [0.15, 0.2) is 79.0 Å². The van der Waals surface area contributed by atoms with Gasteiger partial charge in [0.15, 0.2) is 0 Å². The third-order valence-electron chi connectivity index (χ3n) is 7.17. The average molecular weight is 495 g/mol. The molecule has 6 nitrogen and oxygen atoms in total. The van der Waals surface area contributed by atoms with E-state index in [4.69, 9.17) is 0 Å². The van der Waals surface area contributed by atoms with Crippen molar-refractivity contribution >= 4 is 28.8 Å². The van der Waals surface area contributed by atoms with Crippen LogP contribution in [0.5, 0.6) is 0 Å². The van der Waals surface area contributed by atoms with Crippen molar-refractivity contribution in [2.75, 3.05) is 23.7 Å². The predicted octanol–water partition coefficient (Wildman–Crippen LogP) is 5.96. The number of carbonyl (C=O) groups is 2. The fourth-order valence-electron chi connectivity index (χ4n) is 5.06. The van der Waals surface area contributed by atoms with E-state index < -0.39 is 0 Å². The lowest BCUT2D eigenvalue weighted by Gasteiger charge is -2.26. The number of carbonyl (C=O) groups excluding carboxylic acids is 2. The molecule has 1 saturated heterocycles. The molecule has 190 valence electrons. The summed E-state index contributed by atoms with van der Waals surface area (Å²) in [5.74, 6) is -0.341. The van der Waals surface area contributed by atoms with Crippen molar-refractivity contribution in [3.63, 3.8) is 0 Å². The number of likely N-dealkylation sites (tertiary alicyclic amines) is 1. The Morgan fingerprint density at radius 1 is 1.00 bits per heavy atom. The lowest BCUT2D eigenvalue weighted by Crippen LogP contribution is -2.29. The van der Waals surface area contributed by atoms with Gasteiger partial charge in [-0.1, -0.05) is 55.8 Å². The molecule has 2 amide bonds. The van der Waals surface area contributed by atoms with Gasteiger partial charge in [0.05, 0.1) is 11.6 Å². The van der Waals surface area contributed by atoms with E-state index in [0.29, 0.717) is 16.8 Å². The van der Waals surface area contributed by atoms with Crippen molar-refractivity contribution in [1.82, 2.24) is 10.2 Å². The molecule has 6 heteroatoms. The summed E-state index contributed by atoms with van der Waals surface area (Å²) in [6, 6.07) is 23.6. The van der Waals surface area contributed by atoms with Crippen LogP contribution in [0.3, 0.4) is 0 Å². The number of benzene rings is 3. The molecular weight excluding hydrogens is 460 g/mol. The minimum absolute atomic E-state index is 0.0729. The van der Waals surface area contributed by atoms with Gasteiger partial charge in [0.1, 0.15) is 0 Å². The summed E-state index contributed by atoms with van der Waals surface area (Å²) in [7, 11) is 0. The van der Waals surface area contributed by atoms with Gasteiger partial charge in [-0.3, -0.25) is 14.5 Å². The number of rotatable bonds is 8. The highest BCUT2D eigenvalue weighted by molar-refractivity contribution is 6.32. The van der Waals surface area contributed by atoms with E-state index in [1.165, 1.54) is 37.9 Å². The Kier molecular flexibility index (Phi) is 7.66. The molecule has 5 rings (SSSR count). The van der Waals surface area contributed by atoms with E-state index in [2.05, 4.69) is 39.9 Å². The quantitative estimate of drug-likeness (QED) is 0.338. The van der Waals surface area contributed by atoms with Gasteiger partial charge in [0.25, 0.3) is 11.8 Å². The molecule has 1 atom stereocenters. The smallest absolute Gasteiger partial charge is 0.257 e. The monoisotopic (exact) mass is 494 g/mol. The van der Waals surface area contributed by atoms with E-state index in [1.807, 2.05) is 42.5 Å². The molecule has 0 radical (unpaired) electrons. The van der Waals surface area contributed by atoms with Gasteiger partial charge in [-0.05, 0) is 73.8 Å². The first-order valence-corrected chi connectivity index (χ1v) is 13.2. The molecule has 2 aliphatic rings. The van der Waals surface area contributed by atoms with Crippen molar-refractivity contribution < 1.29 is 9.59 Å². The standard InChI is InChI=1S/C31H34N4O2/c1-2-28(23-9-5-3-6-10-23)33-30(36)24-13-16-29-26(19-24)27(31(37)34-29)20-32-25-14-11-22(12-15-25)21-35-17-7-4-8-18-35/h3,5-6,9-16,19-20,28,32H,2,4,7-8,17-18,21H2,1H3,(H,33,36)(H,34,37)/b27-20-/t28-/m1/s1. The summed E-state index contributed by atoms with van der Waals surface area (Å²) in [4.78, 5) is 28.3. The second-order valence-corrected chi connectivity index (χ2v) is 9.80. The number of piperidine rings is 1. The first kappa shape index (κ1) is 24.8. The minimum atomic E-state index is -0.183. The van der Waals surface area contributed by atoms with Gasteiger partial charge < -0.3 is 16.0 Å². The van der Waals surface area contributed by atoms with E-state index in [9.17, 15) is 9.59 Å². The summed E-state index contributed by atoms with van der Waals surface area (Å²) in [6.07, 6.45) is 6.41. The molecule has 0 saturated carbocycles. The molecule has 3 aromatic carbocycles. The zero-order valence-electron chi connectivity index (χ0n) is 21.3. The number of nitrogens with zero attached hydrogens (tertiary/aromatic N) is 1. The fourth-order valence-corrected chi connectivity index (χ4v) is 5.06. The third-order valence-corrected chi connectivity index (χ3v) is 7.17. The van der Waals surface area contributed by atoms with Crippen molar-refractivity contribution in [2.45, 2.75) is 45.2 Å². The second kappa shape index (κ2) is 11.4. The molecule has 0 aliphatic carbocycles. The predicted molar refractivity (Wildman–Crippen MR) is 149 cm³/mol. The first-order chi connectivity index (χ1) is 18.1. The Morgan fingerprint density at radius 2 is 1.76 bits per heavy atom. The number of anilines is 2. The molecule has 2 heterocycles. The summed E-state index contributed by atoms with van der Waals surface area (Å²) < 4.78 is 0. The van der Waals surface area contributed by atoms with Gasteiger partial charge in [-0.2, -0.15) is 0 Å². The van der Waals surface area contributed by atoms with Crippen molar-refractivity contribution in [1.29, 1.82) is 0 Å². The highest BCUT2D eigenvalue weighted by Crippen LogP contribution is 2.33. The molecule has 37 heavy (non-hydrogen) atoms. The van der Waals surface area contributed by atoms with Crippen LogP contribution in [0.1, 0.15) is 65.7 Å². The maximum absolute atomic E-state index is 13.1. The van der Waals surface area contributed by atoms with Crippen LogP contribution in [-0.4, -0.2) is 29.8 Å². The molecule has 3 N–H and O–H groups in total. The SMILES string of the molecule is CC[C@@H](NC(=O)c1ccc2c(c1)/C(=C/Nc1ccc(CN3CCCCC3)cc1)C(=O)N2)c1ccccc1. The largest absolute Gasteiger partial charge is 0.361 e. The van der Waals surface area contributed by atoms with Crippen molar-refractivity contribution in [3.8, 4) is 0 Å².